The van der Waals surface area contributed by atoms with E-state index in [0.717, 1.165) is 15.7 Å². The maximum atomic E-state index is 3.82. The molecular formula is C13H12BrN. The fourth-order valence-corrected chi connectivity index (χ4v) is 2.05. The van der Waals surface area contributed by atoms with Gasteiger partial charge in [0.15, 0.2) is 0 Å². The molecule has 0 bridgehead atoms. The summed E-state index contributed by atoms with van der Waals surface area (Å²) in [7, 11) is 1.92. The van der Waals surface area contributed by atoms with E-state index in [0.29, 0.717) is 0 Å². The molecular weight excluding hydrogens is 250 g/mol. The van der Waals surface area contributed by atoms with Crippen LogP contribution in [0.1, 0.15) is 5.56 Å². The second-order valence-electron chi connectivity index (χ2n) is 3.39. The van der Waals surface area contributed by atoms with E-state index in [-0.39, 0.29) is 0 Å². The highest BCUT2D eigenvalue weighted by molar-refractivity contribution is 9.10. The van der Waals surface area contributed by atoms with Crippen molar-refractivity contribution in [2.24, 2.45) is 0 Å². The Morgan fingerprint density at radius 2 is 2.00 bits per heavy atom. The van der Waals surface area contributed by atoms with Crippen LogP contribution in [-0.2, 0) is 0 Å². The first-order valence-corrected chi connectivity index (χ1v) is 5.57. The van der Waals surface area contributed by atoms with Crippen LogP contribution in [0.3, 0.4) is 0 Å². The van der Waals surface area contributed by atoms with E-state index >= 15 is 0 Å². The van der Waals surface area contributed by atoms with Crippen molar-refractivity contribution in [3.63, 3.8) is 0 Å². The average Bonchev–Trinajstić information content (AvgIpc) is 2.27. The standard InChI is InChI=1S/C13H12BrN/c1-3-9-6-11-7-12(14)5-4-10(11)8-13(9)15-2/h3-8,15H,1H2,2H3. The number of fused-ring (bicyclic) bond motifs is 1. The second kappa shape index (κ2) is 4.07. The van der Waals surface area contributed by atoms with Crippen molar-refractivity contribution in [2.45, 2.75) is 0 Å². The Hall–Kier alpha value is -1.28. The van der Waals surface area contributed by atoms with Gasteiger partial charge in [0.05, 0.1) is 0 Å². The van der Waals surface area contributed by atoms with E-state index in [1.165, 1.54) is 10.8 Å². The number of benzene rings is 2. The highest BCUT2D eigenvalue weighted by Crippen LogP contribution is 2.26. The predicted molar refractivity (Wildman–Crippen MR) is 71.3 cm³/mol. The molecule has 76 valence electrons. The maximum Gasteiger partial charge on any atom is 0.0417 e. The Labute approximate surface area is 97.9 Å². The third-order valence-electron chi connectivity index (χ3n) is 2.46. The summed E-state index contributed by atoms with van der Waals surface area (Å²) in [6, 6.07) is 10.5. The molecule has 0 amide bonds. The van der Waals surface area contributed by atoms with Gasteiger partial charge in [0, 0.05) is 17.2 Å². The van der Waals surface area contributed by atoms with Gasteiger partial charge < -0.3 is 5.32 Å². The fourth-order valence-electron chi connectivity index (χ4n) is 1.67. The first-order valence-electron chi connectivity index (χ1n) is 4.78. The topological polar surface area (TPSA) is 12.0 Å². The Balaban J connectivity index is 2.75. The Bertz CT molecular complexity index is 517. The predicted octanol–water partition coefficient (Wildman–Crippen LogP) is 4.29. The number of hydrogen-bond acceptors (Lipinski definition) is 1. The normalized spacial score (nSPS) is 10.3. The summed E-state index contributed by atoms with van der Waals surface area (Å²) in [6.45, 7) is 3.82. The van der Waals surface area contributed by atoms with Crippen LogP contribution in [-0.4, -0.2) is 7.05 Å². The summed E-state index contributed by atoms with van der Waals surface area (Å²) in [4.78, 5) is 0. The zero-order chi connectivity index (χ0) is 10.8. The van der Waals surface area contributed by atoms with Crippen molar-refractivity contribution in [1.29, 1.82) is 0 Å². The zero-order valence-electron chi connectivity index (χ0n) is 8.55. The Morgan fingerprint density at radius 3 is 2.67 bits per heavy atom. The zero-order valence-corrected chi connectivity index (χ0v) is 10.1. The van der Waals surface area contributed by atoms with Crippen LogP contribution in [0.4, 0.5) is 5.69 Å². The van der Waals surface area contributed by atoms with E-state index in [1.807, 2.05) is 13.1 Å². The first-order chi connectivity index (χ1) is 7.24. The number of anilines is 1. The van der Waals surface area contributed by atoms with Gasteiger partial charge >= 0.3 is 0 Å². The molecule has 0 saturated carbocycles. The molecule has 0 heterocycles. The molecule has 2 heteroatoms. The third-order valence-corrected chi connectivity index (χ3v) is 2.95. The van der Waals surface area contributed by atoms with E-state index in [1.54, 1.807) is 0 Å². The molecule has 0 spiro atoms. The molecule has 1 nitrogen and oxygen atoms in total. The van der Waals surface area contributed by atoms with Crippen molar-refractivity contribution < 1.29 is 0 Å². The molecule has 0 aliphatic rings. The molecule has 0 aromatic heterocycles. The van der Waals surface area contributed by atoms with Crippen molar-refractivity contribution in [2.75, 3.05) is 12.4 Å². The van der Waals surface area contributed by atoms with Crippen LogP contribution in [0.25, 0.3) is 16.8 Å². The Kier molecular flexibility index (Phi) is 2.78. The van der Waals surface area contributed by atoms with Gasteiger partial charge in [0.2, 0.25) is 0 Å². The third kappa shape index (κ3) is 1.90. The van der Waals surface area contributed by atoms with Crippen molar-refractivity contribution >= 4 is 38.5 Å². The van der Waals surface area contributed by atoms with Gasteiger partial charge in [-0.25, -0.2) is 0 Å². The average molecular weight is 262 g/mol. The van der Waals surface area contributed by atoms with Crippen LogP contribution >= 0.6 is 15.9 Å². The molecule has 0 atom stereocenters. The maximum absolute atomic E-state index is 3.82. The summed E-state index contributed by atoms with van der Waals surface area (Å²) >= 11 is 3.47. The molecule has 0 unspecified atom stereocenters. The summed E-state index contributed by atoms with van der Waals surface area (Å²) in [5.41, 5.74) is 2.24. The molecule has 0 saturated heterocycles. The van der Waals surface area contributed by atoms with Gasteiger partial charge in [-0.2, -0.15) is 0 Å². The lowest BCUT2D eigenvalue weighted by Crippen LogP contribution is -1.91. The fraction of sp³-hybridized carbons (Fsp3) is 0.0769. The molecule has 15 heavy (non-hydrogen) atoms. The lowest BCUT2D eigenvalue weighted by atomic mass is 10.0. The van der Waals surface area contributed by atoms with E-state index in [4.69, 9.17) is 0 Å². The first kappa shape index (κ1) is 10.2. The van der Waals surface area contributed by atoms with Crippen molar-refractivity contribution in [3.05, 3.63) is 46.9 Å². The quantitative estimate of drug-likeness (QED) is 0.851. The van der Waals surface area contributed by atoms with E-state index in [9.17, 15) is 0 Å². The van der Waals surface area contributed by atoms with Gasteiger partial charge in [0.25, 0.3) is 0 Å². The van der Waals surface area contributed by atoms with Crippen LogP contribution in [0, 0.1) is 0 Å². The highest BCUT2D eigenvalue weighted by Gasteiger charge is 2.01. The number of hydrogen-bond donors (Lipinski definition) is 1. The summed E-state index contributed by atoms with van der Waals surface area (Å²) in [5.74, 6) is 0. The number of nitrogens with one attached hydrogen (secondary N) is 1. The second-order valence-corrected chi connectivity index (χ2v) is 4.30. The number of rotatable bonds is 2. The molecule has 1 N–H and O–H groups in total. The highest BCUT2D eigenvalue weighted by atomic mass is 79.9. The molecule has 0 aliphatic carbocycles. The number of halogens is 1. The van der Waals surface area contributed by atoms with Crippen LogP contribution in [0.5, 0.6) is 0 Å². The van der Waals surface area contributed by atoms with E-state index < -0.39 is 0 Å². The monoisotopic (exact) mass is 261 g/mol. The van der Waals surface area contributed by atoms with E-state index in [2.05, 4.69) is 58.2 Å². The van der Waals surface area contributed by atoms with Crippen LogP contribution in [0.2, 0.25) is 0 Å². The van der Waals surface area contributed by atoms with Crippen molar-refractivity contribution in [1.82, 2.24) is 0 Å². The summed E-state index contributed by atoms with van der Waals surface area (Å²) < 4.78 is 1.10. The van der Waals surface area contributed by atoms with Gasteiger partial charge in [0.1, 0.15) is 0 Å². The Morgan fingerprint density at radius 1 is 1.20 bits per heavy atom. The summed E-state index contributed by atoms with van der Waals surface area (Å²) in [6.07, 6.45) is 1.87. The molecule has 2 aromatic carbocycles. The lowest BCUT2D eigenvalue weighted by Gasteiger charge is -2.08. The minimum absolute atomic E-state index is 1.10. The van der Waals surface area contributed by atoms with Gasteiger partial charge in [-0.05, 0) is 40.6 Å². The molecule has 2 rings (SSSR count). The largest absolute Gasteiger partial charge is 0.388 e. The smallest absolute Gasteiger partial charge is 0.0417 e. The van der Waals surface area contributed by atoms with Crippen LogP contribution in [0.15, 0.2) is 41.4 Å². The SMILES string of the molecule is C=Cc1cc2cc(Br)ccc2cc1NC. The van der Waals surface area contributed by atoms with Crippen LogP contribution < -0.4 is 5.32 Å². The molecule has 0 fully saturated rings. The van der Waals surface area contributed by atoms with Gasteiger partial charge in [-0.3, -0.25) is 0 Å². The molecule has 2 aromatic rings. The van der Waals surface area contributed by atoms with Gasteiger partial charge in [-0.15, -0.1) is 0 Å². The minimum Gasteiger partial charge on any atom is -0.388 e. The lowest BCUT2D eigenvalue weighted by molar-refractivity contribution is 1.51. The molecule has 0 radical (unpaired) electrons. The van der Waals surface area contributed by atoms with Gasteiger partial charge in [-0.1, -0.05) is 34.7 Å². The molecule has 0 aliphatic heterocycles. The minimum atomic E-state index is 1.10. The summed E-state index contributed by atoms with van der Waals surface area (Å²) in [5, 5.41) is 5.62. The van der Waals surface area contributed by atoms with Crippen molar-refractivity contribution in [3.8, 4) is 0 Å².